The first kappa shape index (κ1) is 20.5. The van der Waals surface area contributed by atoms with Crippen molar-refractivity contribution in [2.75, 3.05) is 38.8 Å². The number of likely N-dealkylation sites (N-methyl/N-ethyl adjacent to an activating group) is 1. The largest absolute Gasteiger partial charge is 0.497 e. The molecule has 1 heterocycles. The van der Waals surface area contributed by atoms with Gasteiger partial charge in [0.2, 0.25) is 11.8 Å². The average molecular weight is 394 g/mol. The average Bonchev–Trinajstić information content (AvgIpc) is 3.18. The molecular formula is C23H26N2O4. The molecule has 2 aromatic rings. The van der Waals surface area contributed by atoms with Gasteiger partial charge in [0.25, 0.3) is 0 Å². The van der Waals surface area contributed by atoms with Crippen LogP contribution in [0.25, 0.3) is 6.08 Å². The van der Waals surface area contributed by atoms with Crippen LogP contribution in [0.3, 0.4) is 0 Å². The van der Waals surface area contributed by atoms with E-state index in [0.717, 1.165) is 35.7 Å². The van der Waals surface area contributed by atoms with Gasteiger partial charge in [-0.2, -0.15) is 0 Å². The second kappa shape index (κ2) is 9.78. The normalized spacial score (nSPS) is 13.7. The molecule has 29 heavy (non-hydrogen) atoms. The van der Waals surface area contributed by atoms with Crippen LogP contribution in [0.5, 0.6) is 11.5 Å². The predicted octanol–water partition coefficient (Wildman–Crippen LogP) is 3.37. The summed E-state index contributed by atoms with van der Waals surface area (Å²) in [6.45, 7) is 1.65. The van der Waals surface area contributed by atoms with Crippen LogP contribution in [0.15, 0.2) is 54.6 Å². The number of rotatable bonds is 8. The topological polar surface area (TPSA) is 59.1 Å². The molecular weight excluding hydrogens is 368 g/mol. The number of hydrogen-bond donors (Lipinski definition) is 0. The zero-order chi connectivity index (χ0) is 20.6. The quantitative estimate of drug-likeness (QED) is 0.644. The van der Waals surface area contributed by atoms with E-state index in [4.69, 9.17) is 9.47 Å². The molecule has 6 heteroatoms. The van der Waals surface area contributed by atoms with Crippen molar-refractivity contribution in [3.63, 3.8) is 0 Å². The summed E-state index contributed by atoms with van der Waals surface area (Å²) in [7, 11) is 3.36. The van der Waals surface area contributed by atoms with Gasteiger partial charge in [-0.05, 0) is 54.5 Å². The second-order valence-electron chi connectivity index (χ2n) is 6.86. The maximum absolute atomic E-state index is 12.3. The molecule has 1 aliphatic heterocycles. The van der Waals surface area contributed by atoms with E-state index in [9.17, 15) is 9.59 Å². The van der Waals surface area contributed by atoms with Gasteiger partial charge >= 0.3 is 0 Å². The van der Waals surface area contributed by atoms with Crippen molar-refractivity contribution in [1.29, 1.82) is 0 Å². The first-order chi connectivity index (χ1) is 14.1. The Bertz CT molecular complexity index is 859. The predicted molar refractivity (Wildman–Crippen MR) is 113 cm³/mol. The minimum atomic E-state index is -0.0953. The minimum Gasteiger partial charge on any atom is -0.497 e. The highest BCUT2D eigenvalue weighted by Crippen LogP contribution is 2.22. The smallest absolute Gasteiger partial charge is 0.246 e. The van der Waals surface area contributed by atoms with Crippen LogP contribution < -0.4 is 14.4 Å². The molecule has 0 radical (unpaired) electrons. The van der Waals surface area contributed by atoms with Gasteiger partial charge in [0.05, 0.1) is 13.7 Å². The number of methoxy groups -OCH3 is 1. The molecule has 6 nitrogen and oxygen atoms in total. The Morgan fingerprint density at radius 3 is 2.41 bits per heavy atom. The zero-order valence-corrected chi connectivity index (χ0v) is 16.8. The highest BCUT2D eigenvalue weighted by molar-refractivity contribution is 5.95. The van der Waals surface area contributed by atoms with E-state index in [1.54, 1.807) is 36.1 Å². The van der Waals surface area contributed by atoms with Gasteiger partial charge in [-0.1, -0.05) is 12.1 Å². The fraction of sp³-hybridized carbons (Fsp3) is 0.304. The monoisotopic (exact) mass is 394 g/mol. The first-order valence-corrected chi connectivity index (χ1v) is 9.67. The van der Waals surface area contributed by atoms with E-state index in [0.29, 0.717) is 19.6 Å². The Hall–Kier alpha value is -3.28. The van der Waals surface area contributed by atoms with E-state index in [1.807, 2.05) is 48.5 Å². The standard InChI is InChI=1S/C23H26N2O4/c1-24(16-17-29-21-12-10-20(28-2)11-13-21)22(26)14-7-18-5-8-19(9-6-18)25-15-3-4-23(25)27/h5-14H,3-4,15-17H2,1-2H3/b14-7+. The lowest BCUT2D eigenvalue weighted by molar-refractivity contribution is -0.125. The third kappa shape index (κ3) is 5.60. The van der Waals surface area contributed by atoms with Crippen molar-refractivity contribution >= 4 is 23.6 Å². The van der Waals surface area contributed by atoms with Gasteiger partial charge in [0.1, 0.15) is 18.1 Å². The number of benzene rings is 2. The lowest BCUT2D eigenvalue weighted by Crippen LogP contribution is -2.29. The number of ether oxygens (including phenoxy) is 2. The van der Waals surface area contributed by atoms with Crippen molar-refractivity contribution < 1.29 is 19.1 Å². The van der Waals surface area contributed by atoms with Gasteiger partial charge < -0.3 is 19.3 Å². The molecule has 0 N–H and O–H groups in total. The highest BCUT2D eigenvalue weighted by atomic mass is 16.5. The van der Waals surface area contributed by atoms with Gasteiger partial charge in [0.15, 0.2) is 0 Å². The summed E-state index contributed by atoms with van der Waals surface area (Å²) in [5.74, 6) is 1.58. The number of anilines is 1. The third-order valence-corrected chi connectivity index (χ3v) is 4.83. The van der Waals surface area contributed by atoms with Crippen LogP contribution >= 0.6 is 0 Å². The summed E-state index contributed by atoms with van der Waals surface area (Å²) >= 11 is 0. The summed E-state index contributed by atoms with van der Waals surface area (Å²) in [5, 5.41) is 0. The molecule has 0 aliphatic carbocycles. The van der Waals surface area contributed by atoms with Crippen molar-refractivity contribution in [3.8, 4) is 11.5 Å². The molecule has 3 rings (SSSR count). The van der Waals surface area contributed by atoms with Crippen molar-refractivity contribution in [2.24, 2.45) is 0 Å². The second-order valence-corrected chi connectivity index (χ2v) is 6.86. The molecule has 0 aromatic heterocycles. The third-order valence-electron chi connectivity index (χ3n) is 4.83. The first-order valence-electron chi connectivity index (χ1n) is 9.67. The summed E-state index contributed by atoms with van der Waals surface area (Å²) in [6, 6.07) is 15.0. The van der Waals surface area contributed by atoms with E-state index >= 15 is 0 Å². The maximum Gasteiger partial charge on any atom is 0.246 e. The molecule has 2 amide bonds. The highest BCUT2D eigenvalue weighted by Gasteiger charge is 2.21. The molecule has 2 aromatic carbocycles. The number of hydrogen-bond acceptors (Lipinski definition) is 4. The van der Waals surface area contributed by atoms with Gasteiger partial charge in [-0.15, -0.1) is 0 Å². The summed E-state index contributed by atoms with van der Waals surface area (Å²) < 4.78 is 10.8. The molecule has 0 bridgehead atoms. The fourth-order valence-corrected chi connectivity index (χ4v) is 3.06. The lowest BCUT2D eigenvalue weighted by Gasteiger charge is -2.16. The molecule has 1 saturated heterocycles. The van der Waals surface area contributed by atoms with Crippen LogP contribution in [0.2, 0.25) is 0 Å². The Morgan fingerprint density at radius 1 is 1.10 bits per heavy atom. The van der Waals surface area contributed by atoms with Gasteiger partial charge in [0, 0.05) is 31.8 Å². The molecule has 152 valence electrons. The molecule has 0 atom stereocenters. The van der Waals surface area contributed by atoms with Gasteiger partial charge in [-0.3, -0.25) is 9.59 Å². The van der Waals surface area contributed by atoms with Crippen molar-refractivity contribution in [3.05, 3.63) is 60.2 Å². The Morgan fingerprint density at radius 2 is 1.79 bits per heavy atom. The van der Waals surface area contributed by atoms with E-state index in [2.05, 4.69) is 0 Å². The molecule has 0 saturated carbocycles. The summed E-state index contributed by atoms with van der Waals surface area (Å²) in [5.41, 5.74) is 1.82. The SMILES string of the molecule is COc1ccc(OCCN(C)C(=O)/C=C/c2ccc(N3CCCC3=O)cc2)cc1. The van der Waals surface area contributed by atoms with E-state index < -0.39 is 0 Å². The summed E-state index contributed by atoms with van der Waals surface area (Å²) in [4.78, 5) is 27.5. The molecule has 0 spiro atoms. The molecule has 1 aliphatic rings. The fourth-order valence-electron chi connectivity index (χ4n) is 3.06. The minimum absolute atomic E-state index is 0.0953. The van der Waals surface area contributed by atoms with E-state index in [1.165, 1.54) is 0 Å². The van der Waals surface area contributed by atoms with Gasteiger partial charge in [-0.25, -0.2) is 0 Å². The van der Waals surface area contributed by atoms with Crippen LogP contribution in [0.4, 0.5) is 5.69 Å². The van der Waals surface area contributed by atoms with Crippen molar-refractivity contribution in [2.45, 2.75) is 12.8 Å². The number of nitrogens with zero attached hydrogens (tertiary/aromatic N) is 2. The number of carbonyl (C=O) groups excluding carboxylic acids is 2. The molecule has 1 fully saturated rings. The van der Waals surface area contributed by atoms with E-state index in [-0.39, 0.29) is 11.8 Å². The zero-order valence-electron chi connectivity index (χ0n) is 16.8. The maximum atomic E-state index is 12.3. The Labute approximate surface area is 171 Å². The summed E-state index contributed by atoms with van der Waals surface area (Å²) in [6.07, 6.45) is 4.84. The van der Waals surface area contributed by atoms with Crippen LogP contribution in [-0.4, -0.2) is 50.6 Å². The van der Waals surface area contributed by atoms with Crippen LogP contribution in [0, 0.1) is 0 Å². The Balaban J connectivity index is 1.45. The number of amides is 2. The molecule has 0 unspecified atom stereocenters. The lowest BCUT2D eigenvalue weighted by atomic mass is 10.2. The number of carbonyl (C=O) groups is 2. The Kier molecular flexibility index (Phi) is 6.89. The van der Waals surface area contributed by atoms with Crippen molar-refractivity contribution in [1.82, 2.24) is 4.90 Å². The van der Waals surface area contributed by atoms with Crippen LogP contribution in [-0.2, 0) is 9.59 Å². The van der Waals surface area contributed by atoms with Crippen LogP contribution in [0.1, 0.15) is 18.4 Å².